The van der Waals surface area contributed by atoms with Gasteiger partial charge >= 0.3 is 0 Å². The first-order chi connectivity index (χ1) is 16.2. The molecule has 0 saturated carbocycles. The molecule has 1 N–H and O–H groups in total. The Hall–Kier alpha value is -2.58. The molecule has 186 valence electrons. The van der Waals surface area contributed by atoms with E-state index >= 15 is 0 Å². The highest BCUT2D eigenvalue weighted by Crippen LogP contribution is 2.28. The molecule has 0 radical (unpaired) electrons. The van der Waals surface area contributed by atoms with Crippen molar-refractivity contribution in [1.29, 1.82) is 0 Å². The Morgan fingerprint density at radius 3 is 2.29 bits per heavy atom. The van der Waals surface area contributed by atoms with E-state index in [1.165, 1.54) is 4.31 Å². The molecule has 0 aromatic heterocycles. The van der Waals surface area contributed by atoms with E-state index in [0.717, 1.165) is 30.6 Å². The van der Waals surface area contributed by atoms with Crippen molar-refractivity contribution in [3.05, 3.63) is 53.6 Å². The van der Waals surface area contributed by atoms with Gasteiger partial charge < -0.3 is 14.8 Å². The van der Waals surface area contributed by atoms with Crippen LogP contribution in [0.5, 0.6) is 11.5 Å². The fraction of sp³-hybridized carbons (Fsp3) is 0.500. The highest BCUT2D eigenvalue weighted by Gasteiger charge is 2.28. The van der Waals surface area contributed by atoms with Gasteiger partial charge in [0.2, 0.25) is 15.9 Å². The Kier molecular flexibility index (Phi) is 8.97. The summed E-state index contributed by atoms with van der Waals surface area (Å²) in [5, 5.41) is 3.15. The number of carbonyl (C=O) groups is 1. The third-order valence-electron chi connectivity index (χ3n) is 6.14. The number of nitrogens with zero attached hydrogens (tertiary/aromatic N) is 1. The highest BCUT2D eigenvalue weighted by atomic mass is 32.2. The topological polar surface area (TPSA) is 84.9 Å². The molecule has 1 aliphatic rings. The predicted octanol–water partition coefficient (Wildman–Crippen LogP) is 4.32. The minimum absolute atomic E-state index is 0.0867. The second-order valence-electron chi connectivity index (χ2n) is 9.11. The number of rotatable bonds is 11. The molecule has 1 saturated heterocycles. The van der Waals surface area contributed by atoms with Gasteiger partial charge in [0, 0.05) is 19.5 Å². The van der Waals surface area contributed by atoms with Crippen LogP contribution in [0.4, 0.5) is 0 Å². The Morgan fingerprint density at radius 1 is 1.03 bits per heavy atom. The van der Waals surface area contributed by atoms with Crippen LogP contribution in [0.1, 0.15) is 56.7 Å². The van der Waals surface area contributed by atoms with Crippen LogP contribution in [-0.4, -0.2) is 45.9 Å². The Labute approximate surface area is 203 Å². The molecular weight excluding hydrogens is 452 g/mol. The molecule has 3 rings (SSSR count). The minimum Gasteiger partial charge on any atom is -0.497 e. The lowest BCUT2D eigenvalue weighted by Crippen LogP contribution is -2.30. The van der Waals surface area contributed by atoms with Gasteiger partial charge in [0.1, 0.15) is 11.5 Å². The molecule has 7 nitrogen and oxygen atoms in total. The van der Waals surface area contributed by atoms with Crippen molar-refractivity contribution in [3.8, 4) is 11.5 Å². The van der Waals surface area contributed by atoms with Gasteiger partial charge in [0.15, 0.2) is 0 Å². The number of amides is 1. The van der Waals surface area contributed by atoms with Gasteiger partial charge in [-0.05, 0) is 73.1 Å². The van der Waals surface area contributed by atoms with Gasteiger partial charge in [-0.3, -0.25) is 4.79 Å². The lowest BCUT2D eigenvalue weighted by molar-refractivity contribution is -0.121. The van der Waals surface area contributed by atoms with E-state index in [4.69, 9.17) is 9.47 Å². The molecule has 2 aromatic carbocycles. The predicted molar refractivity (Wildman–Crippen MR) is 133 cm³/mol. The molecule has 2 aromatic rings. The van der Waals surface area contributed by atoms with Gasteiger partial charge in [0.05, 0.1) is 25.2 Å². The highest BCUT2D eigenvalue weighted by molar-refractivity contribution is 7.89. The van der Waals surface area contributed by atoms with Gasteiger partial charge in [-0.15, -0.1) is 0 Å². The summed E-state index contributed by atoms with van der Waals surface area (Å²) in [6, 6.07) is 12.5. The summed E-state index contributed by atoms with van der Waals surface area (Å²) in [5.41, 5.74) is 1.74. The Balaban J connectivity index is 1.71. The second-order valence-corrected chi connectivity index (χ2v) is 11.0. The van der Waals surface area contributed by atoms with Crippen LogP contribution in [0.3, 0.4) is 0 Å². The molecule has 34 heavy (non-hydrogen) atoms. The van der Waals surface area contributed by atoms with Crippen LogP contribution >= 0.6 is 0 Å². The van der Waals surface area contributed by atoms with Crippen LogP contribution < -0.4 is 14.8 Å². The van der Waals surface area contributed by atoms with E-state index in [1.807, 2.05) is 24.3 Å². The van der Waals surface area contributed by atoms with Crippen molar-refractivity contribution in [2.24, 2.45) is 5.92 Å². The van der Waals surface area contributed by atoms with Crippen molar-refractivity contribution < 1.29 is 22.7 Å². The fourth-order valence-electron chi connectivity index (χ4n) is 4.29. The average molecular weight is 489 g/mol. The van der Waals surface area contributed by atoms with Crippen LogP contribution in [0, 0.1) is 5.92 Å². The summed E-state index contributed by atoms with van der Waals surface area (Å²) < 4.78 is 38.2. The van der Waals surface area contributed by atoms with Crippen LogP contribution in [0.25, 0.3) is 0 Å². The van der Waals surface area contributed by atoms with E-state index in [1.54, 1.807) is 32.4 Å². The molecule has 8 heteroatoms. The second kappa shape index (κ2) is 11.7. The van der Waals surface area contributed by atoms with E-state index < -0.39 is 10.0 Å². The number of hydrogen-bond acceptors (Lipinski definition) is 5. The third-order valence-corrected chi connectivity index (χ3v) is 8.03. The molecular formula is C26H36N2O5S. The summed E-state index contributed by atoms with van der Waals surface area (Å²) in [6.45, 7) is 5.35. The number of ether oxygens (including phenoxy) is 2. The Bertz CT molecular complexity index is 1060. The summed E-state index contributed by atoms with van der Waals surface area (Å²) >= 11 is 0. The molecule has 1 fully saturated rings. The summed E-state index contributed by atoms with van der Waals surface area (Å²) in [4.78, 5) is 13.1. The molecule has 1 heterocycles. The van der Waals surface area contributed by atoms with Crippen molar-refractivity contribution in [3.63, 3.8) is 0 Å². The first kappa shape index (κ1) is 26.0. The maximum Gasteiger partial charge on any atom is 0.243 e. The minimum atomic E-state index is -3.53. The first-order valence-electron chi connectivity index (χ1n) is 11.8. The number of hydrogen-bond donors (Lipinski definition) is 1. The van der Waals surface area contributed by atoms with Crippen LogP contribution in [0.15, 0.2) is 47.4 Å². The van der Waals surface area contributed by atoms with E-state index in [0.29, 0.717) is 36.7 Å². The lowest BCUT2D eigenvalue weighted by Gasteiger charge is -2.22. The Morgan fingerprint density at radius 2 is 1.71 bits per heavy atom. The van der Waals surface area contributed by atoms with Crippen LogP contribution in [-0.2, 0) is 21.2 Å². The molecule has 0 bridgehead atoms. The molecule has 1 atom stereocenters. The zero-order valence-electron chi connectivity index (χ0n) is 20.5. The van der Waals surface area contributed by atoms with Gasteiger partial charge in [-0.1, -0.05) is 26.0 Å². The summed E-state index contributed by atoms with van der Waals surface area (Å²) in [7, 11) is -0.354. The number of methoxy groups -OCH3 is 2. The monoisotopic (exact) mass is 488 g/mol. The first-order valence-corrected chi connectivity index (χ1v) is 13.3. The van der Waals surface area contributed by atoms with Crippen molar-refractivity contribution in [2.45, 2.75) is 56.9 Å². The van der Waals surface area contributed by atoms with Gasteiger partial charge in [0.25, 0.3) is 0 Å². The summed E-state index contributed by atoms with van der Waals surface area (Å²) in [6.07, 6.45) is 3.19. The van der Waals surface area contributed by atoms with Gasteiger partial charge in [-0.2, -0.15) is 4.31 Å². The number of carbonyl (C=O) groups excluding carboxylic acids is 1. The normalized spacial score (nSPS) is 15.3. The average Bonchev–Trinajstić information content (AvgIpc) is 3.38. The smallest absolute Gasteiger partial charge is 0.243 e. The SMILES string of the molecule is COc1ccc([C@@H](CC(C)C)NC(=O)CCc2cc(S(=O)(=O)N3CCCC3)ccc2OC)cc1. The zero-order chi connectivity index (χ0) is 24.7. The number of nitrogens with one attached hydrogen (secondary N) is 1. The van der Waals surface area contributed by atoms with E-state index in [2.05, 4.69) is 19.2 Å². The molecule has 0 spiro atoms. The standard InChI is InChI=1S/C26H36N2O5S/c1-19(2)17-24(20-7-10-22(32-3)11-8-20)27-26(29)14-9-21-18-23(12-13-25(21)33-4)34(30,31)28-15-5-6-16-28/h7-8,10-13,18-19,24H,5-6,9,14-17H2,1-4H3,(H,27,29)/t24-/m1/s1. The van der Waals surface area contributed by atoms with Crippen molar-refractivity contribution in [1.82, 2.24) is 9.62 Å². The number of aryl methyl sites for hydroxylation is 1. The van der Waals surface area contributed by atoms with Crippen LogP contribution in [0.2, 0.25) is 0 Å². The number of benzene rings is 2. The maximum atomic E-state index is 13.0. The molecule has 1 aliphatic heterocycles. The van der Waals surface area contributed by atoms with Gasteiger partial charge in [-0.25, -0.2) is 8.42 Å². The summed E-state index contributed by atoms with van der Waals surface area (Å²) in [5.74, 6) is 1.67. The fourth-order valence-corrected chi connectivity index (χ4v) is 5.86. The van der Waals surface area contributed by atoms with E-state index in [9.17, 15) is 13.2 Å². The van der Waals surface area contributed by atoms with Crippen molar-refractivity contribution in [2.75, 3.05) is 27.3 Å². The van der Waals surface area contributed by atoms with Crippen molar-refractivity contribution >= 4 is 15.9 Å². The molecule has 1 amide bonds. The largest absolute Gasteiger partial charge is 0.497 e. The third kappa shape index (κ3) is 6.51. The van der Waals surface area contributed by atoms with E-state index in [-0.39, 0.29) is 23.3 Å². The number of sulfonamides is 1. The quantitative estimate of drug-likeness (QED) is 0.509. The molecule has 0 unspecified atom stereocenters. The zero-order valence-corrected chi connectivity index (χ0v) is 21.4. The molecule has 0 aliphatic carbocycles. The maximum absolute atomic E-state index is 13.0. The lowest BCUT2D eigenvalue weighted by atomic mass is 9.96.